The molecule has 1 aromatic rings. The second kappa shape index (κ2) is 5.79. The van der Waals surface area contributed by atoms with E-state index in [4.69, 9.17) is 10.2 Å². The van der Waals surface area contributed by atoms with Crippen LogP contribution in [0.1, 0.15) is 5.56 Å². The Morgan fingerprint density at radius 3 is 2.44 bits per heavy atom. The van der Waals surface area contributed by atoms with Crippen molar-refractivity contribution in [3.05, 3.63) is 47.4 Å². The van der Waals surface area contributed by atoms with Crippen LogP contribution in [0, 0.1) is 0 Å². The van der Waals surface area contributed by atoms with Crippen molar-refractivity contribution in [3.63, 3.8) is 0 Å². The first-order valence-electron chi connectivity index (χ1n) is 4.77. The molecule has 0 heterocycles. The summed E-state index contributed by atoms with van der Waals surface area (Å²) in [5.74, 6) is -0.109. The zero-order valence-electron chi connectivity index (χ0n) is 8.65. The van der Waals surface area contributed by atoms with Gasteiger partial charge < -0.3 is 10.2 Å². The van der Waals surface area contributed by atoms with Gasteiger partial charge >= 0.3 is 0 Å². The van der Waals surface area contributed by atoms with Gasteiger partial charge in [0.05, 0.1) is 18.5 Å². The predicted octanol–water partition coefficient (Wildman–Crippen LogP) is 0.468. The normalized spacial score (nSPS) is 14.1. The molecule has 1 rings (SSSR count). The van der Waals surface area contributed by atoms with Gasteiger partial charge in [0.15, 0.2) is 9.84 Å². The van der Waals surface area contributed by atoms with E-state index in [1.165, 1.54) is 0 Å². The SMILES string of the molecule is O=S(=O)(/C=C/[C@H](O)CO)Cc1ccccc1. The van der Waals surface area contributed by atoms with E-state index in [-0.39, 0.29) is 5.75 Å². The minimum atomic E-state index is -3.39. The Morgan fingerprint density at radius 1 is 1.25 bits per heavy atom. The lowest BCUT2D eigenvalue weighted by molar-refractivity contribution is 0.131. The van der Waals surface area contributed by atoms with Crippen molar-refractivity contribution in [2.24, 2.45) is 0 Å². The fraction of sp³-hybridized carbons (Fsp3) is 0.273. The maximum absolute atomic E-state index is 11.5. The molecule has 0 aliphatic carbocycles. The van der Waals surface area contributed by atoms with Gasteiger partial charge in [0.25, 0.3) is 0 Å². The Labute approximate surface area is 94.8 Å². The van der Waals surface area contributed by atoms with Gasteiger partial charge in [-0.15, -0.1) is 0 Å². The van der Waals surface area contributed by atoms with Crippen molar-refractivity contribution >= 4 is 9.84 Å². The summed E-state index contributed by atoms with van der Waals surface area (Å²) in [6, 6.07) is 8.76. The molecule has 5 heteroatoms. The molecule has 1 atom stereocenters. The van der Waals surface area contributed by atoms with Crippen LogP contribution >= 0.6 is 0 Å². The molecule has 4 nitrogen and oxygen atoms in total. The molecule has 0 bridgehead atoms. The first-order valence-corrected chi connectivity index (χ1v) is 6.49. The maximum Gasteiger partial charge on any atom is 0.175 e. The zero-order chi connectivity index (χ0) is 12.0. The first-order chi connectivity index (χ1) is 7.53. The van der Waals surface area contributed by atoms with E-state index in [0.717, 1.165) is 11.5 Å². The van der Waals surface area contributed by atoms with Gasteiger partial charge in [-0.3, -0.25) is 0 Å². The topological polar surface area (TPSA) is 74.6 Å². The summed E-state index contributed by atoms with van der Waals surface area (Å²) in [6.45, 7) is -0.489. The Morgan fingerprint density at radius 2 is 1.88 bits per heavy atom. The lowest BCUT2D eigenvalue weighted by Gasteiger charge is -2.01. The average molecular weight is 242 g/mol. The maximum atomic E-state index is 11.5. The quantitative estimate of drug-likeness (QED) is 0.787. The molecule has 0 saturated heterocycles. The van der Waals surface area contributed by atoms with Crippen LogP contribution in [0.3, 0.4) is 0 Å². The van der Waals surface area contributed by atoms with Crippen LogP contribution in [-0.4, -0.2) is 31.3 Å². The minimum Gasteiger partial charge on any atom is -0.393 e. The van der Waals surface area contributed by atoms with Gasteiger partial charge in [-0.1, -0.05) is 30.3 Å². The lowest BCUT2D eigenvalue weighted by atomic mass is 10.2. The van der Waals surface area contributed by atoms with Crippen LogP contribution in [0.25, 0.3) is 0 Å². The van der Waals surface area contributed by atoms with Crippen molar-refractivity contribution in [1.82, 2.24) is 0 Å². The van der Waals surface area contributed by atoms with E-state index in [2.05, 4.69) is 0 Å². The summed E-state index contributed by atoms with van der Waals surface area (Å²) in [4.78, 5) is 0. The third-order valence-corrected chi connectivity index (χ3v) is 3.21. The van der Waals surface area contributed by atoms with Crippen molar-refractivity contribution in [2.75, 3.05) is 6.61 Å². The number of sulfone groups is 1. The van der Waals surface area contributed by atoms with E-state index in [0.29, 0.717) is 5.56 Å². The fourth-order valence-electron chi connectivity index (χ4n) is 1.13. The van der Waals surface area contributed by atoms with Crippen LogP contribution in [0.5, 0.6) is 0 Å². The molecule has 16 heavy (non-hydrogen) atoms. The molecule has 0 spiro atoms. The summed E-state index contributed by atoms with van der Waals surface area (Å²) in [5.41, 5.74) is 0.686. The molecule has 1 aromatic carbocycles. The fourth-order valence-corrected chi connectivity index (χ4v) is 2.30. The summed E-state index contributed by atoms with van der Waals surface area (Å²) >= 11 is 0. The monoisotopic (exact) mass is 242 g/mol. The highest BCUT2D eigenvalue weighted by molar-refractivity contribution is 7.93. The summed E-state index contributed by atoms with van der Waals surface area (Å²) in [7, 11) is -3.39. The van der Waals surface area contributed by atoms with Crippen LogP contribution in [-0.2, 0) is 15.6 Å². The zero-order valence-corrected chi connectivity index (χ0v) is 9.47. The van der Waals surface area contributed by atoms with E-state index >= 15 is 0 Å². The standard InChI is InChI=1S/C11H14O4S/c12-8-11(13)6-7-16(14,15)9-10-4-2-1-3-5-10/h1-7,11-13H,8-9H2/b7-6+/t11-/m0/s1. The third kappa shape index (κ3) is 4.57. The molecule has 2 N–H and O–H groups in total. The van der Waals surface area contributed by atoms with E-state index in [1.807, 2.05) is 6.07 Å². The number of aliphatic hydroxyl groups is 2. The number of aliphatic hydroxyl groups excluding tert-OH is 2. The Bertz CT molecular complexity index is 436. The van der Waals surface area contributed by atoms with Gasteiger partial charge in [-0.2, -0.15) is 0 Å². The summed E-state index contributed by atoms with van der Waals surface area (Å²) < 4.78 is 23.1. The van der Waals surface area contributed by atoms with E-state index in [1.54, 1.807) is 24.3 Å². The molecule has 0 aliphatic heterocycles. The Kier molecular flexibility index (Phi) is 4.67. The van der Waals surface area contributed by atoms with Crippen LogP contribution in [0.2, 0.25) is 0 Å². The predicted molar refractivity (Wildman–Crippen MR) is 61.3 cm³/mol. The minimum absolute atomic E-state index is 0.109. The number of benzene rings is 1. The molecular weight excluding hydrogens is 228 g/mol. The van der Waals surface area contributed by atoms with Crippen LogP contribution < -0.4 is 0 Å². The Hall–Kier alpha value is -1.17. The van der Waals surface area contributed by atoms with Gasteiger partial charge in [0.2, 0.25) is 0 Å². The summed E-state index contributed by atoms with van der Waals surface area (Å²) in [5, 5.41) is 18.4. The molecule has 88 valence electrons. The third-order valence-electron chi connectivity index (χ3n) is 1.91. The molecule has 0 aromatic heterocycles. The van der Waals surface area contributed by atoms with E-state index < -0.39 is 22.5 Å². The second-order valence-corrected chi connectivity index (χ2v) is 5.26. The largest absolute Gasteiger partial charge is 0.393 e. The average Bonchev–Trinajstić information content (AvgIpc) is 2.27. The van der Waals surface area contributed by atoms with E-state index in [9.17, 15) is 8.42 Å². The second-order valence-electron chi connectivity index (χ2n) is 3.37. The highest BCUT2D eigenvalue weighted by Gasteiger charge is 2.08. The molecular formula is C11H14O4S. The molecule has 0 unspecified atom stereocenters. The molecule has 0 amide bonds. The molecule has 0 aliphatic rings. The van der Waals surface area contributed by atoms with Gasteiger partial charge in [0.1, 0.15) is 0 Å². The van der Waals surface area contributed by atoms with Crippen molar-refractivity contribution < 1.29 is 18.6 Å². The van der Waals surface area contributed by atoms with Gasteiger partial charge in [-0.25, -0.2) is 8.42 Å². The molecule has 0 saturated carbocycles. The Balaban J connectivity index is 2.70. The van der Waals surface area contributed by atoms with Crippen molar-refractivity contribution in [1.29, 1.82) is 0 Å². The lowest BCUT2D eigenvalue weighted by Crippen LogP contribution is -2.09. The molecule has 0 fully saturated rings. The number of rotatable bonds is 5. The van der Waals surface area contributed by atoms with Gasteiger partial charge in [0, 0.05) is 5.41 Å². The highest BCUT2D eigenvalue weighted by atomic mass is 32.2. The highest BCUT2D eigenvalue weighted by Crippen LogP contribution is 2.07. The first kappa shape index (κ1) is 12.9. The van der Waals surface area contributed by atoms with Crippen LogP contribution in [0.4, 0.5) is 0 Å². The van der Waals surface area contributed by atoms with Crippen molar-refractivity contribution in [2.45, 2.75) is 11.9 Å². The number of hydrogen-bond donors (Lipinski definition) is 2. The number of hydrogen-bond acceptors (Lipinski definition) is 4. The smallest absolute Gasteiger partial charge is 0.175 e. The van der Waals surface area contributed by atoms with Gasteiger partial charge in [-0.05, 0) is 11.6 Å². The molecule has 0 radical (unpaired) electrons. The van der Waals surface area contributed by atoms with Crippen LogP contribution in [0.15, 0.2) is 41.8 Å². The summed E-state index contributed by atoms with van der Waals surface area (Å²) in [6.07, 6.45) is -0.0660. The van der Waals surface area contributed by atoms with Crippen molar-refractivity contribution in [3.8, 4) is 0 Å².